The second-order valence-electron chi connectivity index (χ2n) is 4.22. The van der Waals surface area contributed by atoms with E-state index in [1.54, 1.807) is 13.0 Å². The van der Waals surface area contributed by atoms with E-state index in [1.807, 2.05) is 20.8 Å². The van der Waals surface area contributed by atoms with E-state index in [-0.39, 0.29) is 6.04 Å². The molecular weight excluding hydrogens is 212 g/mol. The van der Waals surface area contributed by atoms with Gasteiger partial charge in [0.15, 0.2) is 5.25 Å². The normalized spacial score (nSPS) is 16.0. The molecule has 0 rings (SSSR count). The number of nitrogens with zero attached hydrogens (tertiary/aromatic N) is 1. The fourth-order valence-corrected chi connectivity index (χ4v) is 2.90. The fourth-order valence-electron chi connectivity index (χ4n) is 1.50. The number of nitriles is 1. The number of nitrogens with one attached hydrogen (secondary N) is 1. The van der Waals surface area contributed by atoms with E-state index >= 15 is 0 Å². The predicted octanol–water partition coefficient (Wildman–Crippen LogP) is 1.64. The molecule has 0 aliphatic heterocycles. The van der Waals surface area contributed by atoms with Gasteiger partial charge >= 0.3 is 0 Å². The Morgan fingerprint density at radius 1 is 1.33 bits per heavy atom. The van der Waals surface area contributed by atoms with E-state index in [9.17, 15) is 8.42 Å². The minimum absolute atomic E-state index is 0.114. The average molecular weight is 232 g/mol. The van der Waals surface area contributed by atoms with Gasteiger partial charge in [0.25, 0.3) is 0 Å². The molecule has 0 spiro atoms. The van der Waals surface area contributed by atoms with E-state index in [0.717, 1.165) is 6.42 Å². The minimum Gasteiger partial charge on any atom is -0.211 e. The largest absolute Gasteiger partial charge is 0.228 e. The molecule has 0 aromatic carbocycles. The zero-order valence-corrected chi connectivity index (χ0v) is 10.6. The third-order valence-electron chi connectivity index (χ3n) is 2.08. The van der Waals surface area contributed by atoms with Crippen LogP contribution in [0.5, 0.6) is 0 Å². The first-order valence-electron chi connectivity index (χ1n) is 5.24. The number of rotatable bonds is 6. The zero-order valence-electron chi connectivity index (χ0n) is 9.82. The maximum Gasteiger partial charge on any atom is 0.228 e. The van der Waals surface area contributed by atoms with Crippen LogP contribution in [0.1, 0.15) is 40.5 Å². The molecule has 1 N–H and O–H groups in total. The topological polar surface area (TPSA) is 70.0 Å². The third-order valence-corrected chi connectivity index (χ3v) is 4.00. The van der Waals surface area contributed by atoms with Gasteiger partial charge in [-0.15, -0.1) is 0 Å². The molecule has 0 heterocycles. The third kappa shape index (κ3) is 5.14. The van der Waals surface area contributed by atoms with Gasteiger partial charge in [0.1, 0.15) is 0 Å². The number of hydrogen-bond donors (Lipinski definition) is 1. The summed E-state index contributed by atoms with van der Waals surface area (Å²) in [6.07, 6.45) is 1.10. The van der Waals surface area contributed by atoms with Crippen molar-refractivity contribution >= 4 is 10.0 Å². The molecule has 0 saturated carbocycles. The Balaban J connectivity index is 4.45. The highest BCUT2D eigenvalue weighted by Gasteiger charge is 2.25. The van der Waals surface area contributed by atoms with E-state index in [1.165, 1.54) is 0 Å². The molecule has 0 aliphatic carbocycles. The Morgan fingerprint density at radius 2 is 1.87 bits per heavy atom. The van der Waals surface area contributed by atoms with Crippen LogP contribution in [0, 0.1) is 17.2 Å². The van der Waals surface area contributed by atoms with Gasteiger partial charge in [-0.25, -0.2) is 13.1 Å². The van der Waals surface area contributed by atoms with Crippen molar-refractivity contribution in [2.45, 2.75) is 51.8 Å². The second-order valence-corrected chi connectivity index (χ2v) is 6.11. The molecule has 0 aromatic rings. The Labute approximate surface area is 92.7 Å². The van der Waals surface area contributed by atoms with Crippen molar-refractivity contribution in [3.63, 3.8) is 0 Å². The minimum atomic E-state index is -3.48. The smallest absolute Gasteiger partial charge is 0.211 e. The maximum atomic E-state index is 11.7. The highest BCUT2D eigenvalue weighted by atomic mass is 32.2. The summed E-state index contributed by atoms with van der Waals surface area (Å²) in [5.74, 6) is 0.435. The van der Waals surface area contributed by atoms with Gasteiger partial charge in [0, 0.05) is 6.04 Å². The lowest BCUT2D eigenvalue weighted by molar-refractivity contribution is 0.480. The van der Waals surface area contributed by atoms with Gasteiger partial charge in [-0.3, -0.25) is 0 Å². The van der Waals surface area contributed by atoms with Gasteiger partial charge in [-0.05, 0) is 25.7 Å². The van der Waals surface area contributed by atoms with Crippen LogP contribution in [-0.4, -0.2) is 19.7 Å². The second kappa shape index (κ2) is 6.09. The highest BCUT2D eigenvalue weighted by molar-refractivity contribution is 7.90. The lowest BCUT2D eigenvalue weighted by Gasteiger charge is -2.17. The molecule has 5 heteroatoms. The van der Waals surface area contributed by atoms with Crippen LogP contribution in [0.3, 0.4) is 0 Å². The molecule has 0 fully saturated rings. The summed E-state index contributed by atoms with van der Waals surface area (Å²) in [5, 5.41) is 7.75. The molecule has 2 atom stereocenters. The van der Waals surface area contributed by atoms with Crippen LogP contribution in [0.15, 0.2) is 0 Å². The summed E-state index contributed by atoms with van der Waals surface area (Å²) in [7, 11) is -3.48. The summed E-state index contributed by atoms with van der Waals surface area (Å²) < 4.78 is 25.8. The summed E-state index contributed by atoms with van der Waals surface area (Å²) in [5.41, 5.74) is 0. The molecule has 0 aliphatic rings. The van der Waals surface area contributed by atoms with Crippen LogP contribution < -0.4 is 4.72 Å². The summed E-state index contributed by atoms with van der Waals surface area (Å²) in [6, 6.07) is 1.69. The molecule has 0 aromatic heterocycles. The monoisotopic (exact) mass is 232 g/mol. The van der Waals surface area contributed by atoms with Crippen LogP contribution >= 0.6 is 0 Å². The molecule has 0 amide bonds. The quantitative estimate of drug-likeness (QED) is 0.757. The van der Waals surface area contributed by atoms with E-state index in [4.69, 9.17) is 5.26 Å². The van der Waals surface area contributed by atoms with Crippen molar-refractivity contribution in [1.29, 1.82) is 5.26 Å². The predicted molar refractivity (Wildman–Crippen MR) is 60.7 cm³/mol. The van der Waals surface area contributed by atoms with Crippen molar-refractivity contribution in [3.8, 4) is 6.07 Å². The van der Waals surface area contributed by atoms with Gasteiger partial charge in [0.2, 0.25) is 10.0 Å². The first-order chi connectivity index (χ1) is 6.83. The van der Waals surface area contributed by atoms with E-state index < -0.39 is 15.3 Å². The van der Waals surface area contributed by atoms with Gasteiger partial charge in [0.05, 0.1) is 6.07 Å². The van der Waals surface area contributed by atoms with Crippen molar-refractivity contribution in [3.05, 3.63) is 0 Å². The van der Waals surface area contributed by atoms with Crippen molar-refractivity contribution in [2.24, 2.45) is 5.92 Å². The van der Waals surface area contributed by atoms with Crippen LogP contribution in [0.4, 0.5) is 0 Å². The van der Waals surface area contributed by atoms with Gasteiger partial charge < -0.3 is 0 Å². The molecule has 15 heavy (non-hydrogen) atoms. The van der Waals surface area contributed by atoms with Crippen molar-refractivity contribution < 1.29 is 8.42 Å². The molecular formula is C10H20N2O2S. The Bertz CT molecular complexity index is 317. The lowest BCUT2D eigenvalue weighted by Crippen LogP contribution is -2.39. The Kier molecular flexibility index (Phi) is 5.84. The van der Waals surface area contributed by atoms with Crippen LogP contribution in [-0.2, 0) is 10.0 Å². The van der Waals surface area contributed by atoms with E-state index in [0.29, 0.717) is 12.3 Å². The number of sulfonamides is 1. The first kappa shape index (κ1) is 14.4. The Morgan fingerprint density at radius 3 is 2.20 bits per heavy atom. The molecule has 2 unspecified atom stereocenters. The van der Waals surface area contributed by atoms with Crippen LogP contribution in [0.2, 0.25) is 0 Å². The maximum absolute atomic E-state index is 11.7. The standard InChI is InChI=1S/C10H20N2O2S/c1-5-10(7-11)15(13,14)12-9(4)6-8(2)3/h8-10,12H,5-6H2,1-4H3. The zero-order chi connectivity index (χ0) is 12.1. The summed E-state index contributed by atoms with van der Waals surface area (Å²) in [6.45, 7) is 7.58. The average Bonchev–Trinajstić information content (AvgIpc) is 2.02. The lowest BCUT2D eigenvalue weighted by atomic mass is 10.1. The van der Waals surface area contributed by atoms with Crippen molar-refractivity contribution in [1.82, 2.24) is 4.72 Å². The first-order valence-corrected chi connectivity index (χ1v) is 6.78. The summed E-state index contributed by atoms with van der Waals surface area (Å²) >= 11 is 0. The van der Waals surface area contributed by atoms with Gasteiger partial charge in [-0.2, -0.15) is 5.26 Å². The molecule has 0 bridgehead atoms. The van der Waals surface area contributed by atoms with Gasteiger partial charge in [-0.1, -0.05) is 20.8 Å². The number of hydrogen-bond acceptors (Lipinski definition) is 3. The molecule has 0 saturated heterocycles. The Hall–Kier alpha value is -0.600. The van der Waals surface area contributed by atoms with E-state index in [2.05, 4.69) is 4.72 Å². The molecule has 0 radical (unpaired) electrons. The molecule has 4 nitrogen and oxygen atoms in total. The molecule has 88 valence electrons. The highest BCUT2D eigenvalue weighted by Crippen LogP contribution is 2.08. The van der Waals surface area contributed by atoms with Crippen molar-refractivity contribution in [2.75, 3.05) is 0 Å². The fraction of sp³-hybridized carbons (Fsp3) is 0.900. The SMILES string of the molecule is CCC(C#N)S(=O)(=O)NC(C)CC(C)C. The summed E-state index contributed by atoms with van der Waals surface area (Å²) in [4.78, 5) is 0. The van der Waals surface area contributed by atoms with Crippen LogP contribution in [0.25, 0.3) is 0 Å².